The number of carbonyl (C=O) groups is 1. The zero-order chi connectivity index (χ0) is 9.97. The number of ketones is 1. The van der Waals surface area contributed by atoms with E-state index >= 15 is 0 Å². The summed E-state index contributed by atoms with van der Waals surface area (Å²) in [6.07, 6.45) is 5.46. The van der Waals surface area contributed by atoms with E-state index in [1.807, 2.05) is 6.07 Å². The lowest BCUT2D eigenvalue weighted by Crippen LogP contribution is -2.29. The maximum Gasteiger partial charge on any atom is 0.137 e. The standard InChI is InChI=1S/C11H15NO2/c12-5-1-2-11(13)8-6-9-3-4-10(7-8)14-9/h8-10H,1-4,6-7H2. The van der Waals surface area contributed by atoms with Gasteiger partial charge in [-0.1, -0.05) is 0 Å². The fraction of sp³-hybridized carbons (Fsp3) is 0.818. The monoisotopic (exact) mass is 193 g/mol. The van der Waals surface area contributed by atoms with Crippen molar-refractivity contribution in [3.8, 4) is 6.07 Å². The number of carbonyl (C=O) groups excluding carboxylic acids is 1. The first-order valence-electron chi connectivity index (χ1n) is 5.34. The van der Waals surface area contributed by atoms with E-state index in [2.05, 4.69) is 0 Å². The molecular weight excluding hydrogens is 178 g/mol. The number of rotatable bonds is 3. The molecule has 0 radical (unpaired) electrons. The molecule has 0 N–H and O–H groups in total. The van der Waals surface area contributed by atoms with Crippen molar-refractivity contribution in [2.75, 3.05) is 0 Å². The fourth-order valence-electron chi connectivity index (χ4n) is 2.50. The highest BCUT2D eigenvalue weighted by Crippen LogP contribution is 2.36. The summed E-state index contributed by atoms with van der Waals surface area (Å²) in [7, 11) is 0. The van der Waals surface area contributed by atoms with Crippen LogP contribution in [-0.4, -0.2) is 18.0 Å². The molecule has 0 aliphatic carbocycles. The Balaban J connectivity index is 1.87. The van der Waals surface area contributed by atoms with Crippen molar-refractivity contribution < 1.29 is 9.53 Å². The van der Waals surface area contributed by atoms with Gasteiger partial charge in [0.15, 0.2) is 0 Å². The number of fused-ring (bicyclic) bond motifs is 2. The van der Waals surface area contributed by atoms with Gasteiger partial charge in [-0.25, -0.2) is 0 Å². The van der Waals surface area contributed by atoms with Crippen molar-refractivity contribution in [3.05, 3.63) is 0 Å². The van der Waals surface area contributed by atoms with Crippen LogP contribution in [0.1, 0.15) is 38.5 Å². The Bertz CT molecular complexity index is 257. The summed E-state index contributed by atoms with van der Waals surface area (Å²) in [5.74, 6) is 0.446. The first-order valence-corrected chi connectivity index (χ1v) is 5.34. The summed E-state index contributed by atoms with van der Waals surface area (Å²) in [6, 6.07) is 2.02. The second-order valence-corrected chi connectivity index (χ2v) is 4.25. The van der Waals surface area contributed by atoms with Crippen LogP contribution in [0.25, 0.3) is 0 Å². The average Bonchev–Trinajstić information content (AvgIpc) is 2.54. The highest BCUT2D eigenvalue weighted by Gasteiger charge is 2.37. The third-order valence-corrected chi connectivity index (χ3v) is 3.23. The lowest BCUT2D eigenvalue weighted by molar-refractivity contribution is -0.128. The molecule has 0 amide bonds. The van der Waals surface area contributed by atoms with Crippen LogP contribution in [-0.2, 0) is 9.53 Å². The minimum absolute atomic E-state index is 0.176. The van der Waals surface area contributed by atoms with E-state index in [4.69, 9.17) is 10.00 Å². The summed E-state index contributed by atoms with van der Waals surface area (Å²) < 4.78 is 5.66. The molecule has 0 aromatic carbocycles. The van der Waals surface area contributed by atoms with Gasteiger partial charge in [-0.3, -0.25) is 4.79 Å². The molecule has 2 heterocycles. The van der Waals surface area contributed by atoms with E-state index in [1.54, 1.807) is 0 Å². The van der Waals surface area contributed by atoms with Gasteiger partial charge in [0.1, 0.15) is 5.78 Å². The van der Waals surface area contributed by atoms with Gasteiger partial charge in [0.05, 0.1) is 18.3 Å². The fourth-order valence-corrected chi connectivity index (χ4v) is 2.50. The highest BCUT2D eigenvalue weighted by atomic mass is 16.5. The minimum atomic E-state index is 0.176. The molecule has 0 aromatic rings. The summed E-state index contributed by atoms with van der Waals surface area (Å²) in [6.45, 7) is 0. The molecule has 0 aromatic heterocycles. The van der Waals surface area contributed by atoms with Crippen LogP contribution < -0.4 is 0 Å². The van der Waals surface area contributed by atoms with E-state index in [0.29, 0.717) is 25.0 Å². The number of ether oxygens (including phenoxy) is 1. The van der Waals surface area contributed by atoms with Crippen LogP contribution in [0.3, 0.4) is 0 Å². The van der Waals surface area contributed by atoms with E-state index < -0.39 is 0 Å². The predicted molar refractivity (Wildman–Crippen MR) is 50.5 cm³/mol. The van der Waals surface area contributed by atoms with Gasteiger partial charge >= 0.3 is 0 Å². The number of Topliss-reactive ketones (excluding diaryl/α,β-unsaturated/α-hetero) is 1. The van der Waals surface area contributed by atoms with Gasteiger partial charge in [0, 0.05) is 18.8 Å². The Hall–Kier alpha value is -0.880. The first-order chi connectivity index (χ1) is 6.79. The molecule has 2 rings (SSSR count). The van der Waals surface area contributed by atoms with Crippen LogP contribution in [0.2, 0.25) is 0 Å². The minimum Gasteiger partial charge on any atom is -0.375 e. The van der Waals surface area contributed by atoms with E-state index in [1.165, 1.54) is 0 Å². The molecule has 0 saturated carbocycles. The maximum absolute atomic E-state index is 11.7. The number of nitriles is 1. The number of hydrogen-bond donors (Lipinski definition) is 0. The van der Waals surface area contributed by atoms with Gasteiger partial charge in [-0.05, 0) is 25.7 Å². The summed E-state index contributed by atoms with van der Waals surface area (Å²) >= 11 is 0. The molecule has 0 spiro atoms. The normalized spacial score (nSPS) is 35.2. The zero-order valence-corrected chi connectivity index (χ0v) is 8.24. The summed E-state index contributed by atoms with van der Waals surface area (Å²) in [4.78, 5) is 11.7. The van der Waals surface area contributed by atoms with Gasteiger partial charge in [0.25, 0.3) is 0 Å². The lowest BCUT2D eigenvalue weighted by atomic mass is 9.89. The molecule has 3 nitrogen and oxygen atoms in total. The third-order valence-electron chi connectivity index (χ3n) is 3.23. The molecule has 2 bridgehead atoms. The van der Waals surface area contributed by atoms with Crippen LogP contribution >= 0.6 is 0 Å². The van der Waals surface area contributed by atoms with Crippen molar-refractivity contribution in [2.45, 2.75) is 50.7 Å². The van der Waals surface area contributed by atoms with E-state index in [0.717, 1.165) is 25.7 Å². The van der Waals surface area contributed by atoms with E-state index in [9.17, 15) is 4.79 Å². The zero-order valence-electron chi connectivity index (χ0n) is 8.24. The molecule has 2 fully saturated rings. The summed E-state index contributed by atoms with van der Waals surface area (Å²) in [5.41, 5.74) is 0. The predicted octanol–water partition coefficient (Wildman–Crippen LogP) is 1.82. The van der Waals surface area contributed by atoms with E-state index in [-0.39, 0.29) is 11.7 Å². The quantitative estimate of drug-likeness (QED) is 0.687. The highest BCUT2D eigenvalue weighted by molar-refractivity contribution is 5.81. The van der Waals surface area contributed by atoms with Gasteiger partial charge < -0.3 is 4.74 Å². The second kappa shape index (κ2) is 4.10. The molecular formula is C11H15NO2. The Kier molecular flexibility index (Phi) is 2.83. The Morgan fingerprint density at radius 3 is 2.57 bits per heavy atom. The smallest absolute Gasteiger partial charge is 0.137 e. The molecule has 3 heteroatoms. The number of hydrogen-bond acceptors (Lipinski definition) is 3. The Morgan fingerprint density at radius 2 is 2.00 bits per heavy atom. The van der Waals surface area contributed by atoms with Gasteiger partial charge in [-0.2, -0.15) is 5.26 Å². The molecule has 2 unspecified atom stereocenters. The topological polar surface area (TPSA) is 50.1 Å². The SMILES string of the molecule is N#CCCC(=O)C1CC2CCC(C1)O2. The van der Waals surface area contributed by atoms with Gasteiger partial charge in [0.2, 0.25) is 0 Å². The van der Waals surface area contributed by atoms with Crippen molar-refractivity contribution in [3.63, 3.8) is 0 Å². The van der Waals surface area contributed by atoms with Gasteiger partial charge in [-0.15, -0.1) is 0 Å². The van der Waals surface area contributed by atoms with Crippen molar-refractivity contribution in [1.82, 2.24) is 0 Å². The second-order valence-electron chi connectivity index (χ2n) is 4.25. The lowest BCUT2D eigenvalue weighted by Gasteiger charge is -2.27. The van der Waals surface area contributed by atoms with Crippen molar-refractivity contribution >= 4 is 5.78 Å². The van der Waals surface area contributed by atoms with Crippen LogP contribution in [0, 0.1) is 17.2 Å². The molecule has 2 aliphatic heterocycles. The molecule has 76 valence electrons. The largest absolute Gasteiger partial charge is 0.375 e. The maximum atomic E-state index is 11.7. The Morgan fingerprint density at radius 1 is 1.36 bits per heavy atom. The average molecular weight is 193 g/mol. The third kappa shape index (κ3) is 1.96. The molecule has 2 atom stereocenters. The number of nitrogens with zero attached hydrogens (tertiary/aromatic N) is 1. The van der Waals surface area contributed by atoms with Crippen LogP contribution in [0.15, 0.2) is 0 Å². The summed E-state index contributed by atoms with van der Waals surface area (Å²) in [5, 5.41) is 8.40. The molecule has 14 heavy (non-hydrogen) atoms. The van der Waals surface area contributed by atoms with Crippen molar-refractivity contribution in [1.29, 1.82) is 5.26 Å². The Labute approximate surface area is 84.0 Å². The molecule has 2 aliphatic rings. The molecule has 2 saturated heterocycles. The first kappa shape index (κ1) is 9.67. The van der Waals surface area contributed by atoms with Crippen LogP contribution in [0.5, 0.6) is 0 Å². The van der Waals surface area contributed by atoms with Crippen LogP contribution in [0.4, 0.5) is 0 Å². The van der Waals surface area contributed by atoms with Crippen molar-refractivity contribution in [2.24, 2.45) is 5.92 Å².